The Balaban J connectivity index is 2.10. The summed E-state index contributed by atoms with van der Waals surface area (Å²) in [5.41, 5.74) is 0. The molecule has 0 aromatic heterocycles. The SMILES string of the molecule is CCCNCC(=O)NC1CCN(CCC)CC1. The Labute approximate surface area is 105 Å². The fourth-order valence-corrected chi connectivity index (χ4v) is 2.27. The lowest BCUT2D eigenvalue weighted by Gasteiger charge is -2.32. The monoisotopic (exact) mass is 241 g/mol. The minimum atomic E-state index is 0.146. The first-order valence-corrected chi connectivity index (χ1v) is 6.98. The molecule has 1 rings (SSSR count). The second-order valence-electron chi connectivity index (χ2n) is 4.86. The van der Waals surface area contributed by atoms with E-state index in [-0.39, 0.29) is 5.91 Å². The summed E-state index contributed by atoms with van der Waals surface area (Å²) in [7, 11) is 0. The van der Waals surface area contributed by atoms with E-state index in [1.165, 1.54) is 13.0 Å². The Morgan fingerprint density at radius 2 is 1.94 bits per heavy atom. The van der Waals surface area contributed by atoms with Gasteiger partial charge in [0.25, 0.3) is 0 Å². The molecule has 0 saturated carbocycles. The average molecular weight is 241 g/mol. The summed E-state index contributed by atoms with van der Waals surface area (Å²) in [4.78, 5) is 14.1. The van der Waals surface area contributed by atoms with E-state index in [2.05, 4.69) is 29.4 Å². The summed E-state index contributed by atoms with van der Waals surface area (Å²) in [6.45, 7) is 9.15. The molecule has 17 heavy (non-hydrogen) atoms. The summed E-state index contributed by atoms with van der Waals surface area (Å²) in [6.07, 6.45) is 4.49. The third kappa shape index (κ3) is 6.03. The molecule has 1 fully saturated rings. The van der Waals surface area contributed by atoms with Crippen LogP contribution in [0.4, 0.5) is 0 Å². The van der Waals surface area contributed by atoms with Crippen molar-refractivity contribution in [2.45, 2.75) is 45.6 Å². The topological polar surface area (TPSA) is 44.4 Å². The molecule has 0 radical (unpaired) electrons. The van der Waals surface area contributed by atoms with E-state index in [4.69, 9.17) is 0 Å². The first-order chi connectivity index (χ1) is 8.26. The molecule has 0 aliphatic carbocycles. The number of rotatable bonds is 7. The van der Waals surface area contributed by atoms with Crippen LogP contribution in [0.3, 0.4) is 0 Å². The fourth-order valence-electron chi connectivity index (χ4n) is 2.27. The van der Waals surface area contributed by atoms with Gasteiger partial charge in [0.05, 0.1) is 6.54 Å². The third-order valence-electron chi connectivity index (χ3n) is 3.20. The molecule has 1 saturated heterocycles. The van der Waals surface area contributed by atoms with Crippen LogP contribution in [0.25, 0.3) is 0 Å². The minimum Gasteiger partial charge on any atom is -0.352 e. The van der Waals surface area contributed by atoms with E-state index in [0.29, 0.717) is 12.6 Å². The number of carbonyl (C=O) groups is 1. The third-order valence-corrected chi connectivity index (χ3v) is 3.20. The summed E-state index contributed by atoms with van der Waals surface area (Å²) >= 11 is 0. The second-order valence-corrected chi connectivity index (χ2v) is 4.86. The summed E-state index contributed by atoms with van der Waals surface area (Å²) < 4.78 is 0. The molecule has 0 unspecified atom stereocenters. The van der Waals surface area contributed by atoms with Crippen LogP contribution in [0, 0.1) is 0 Å². The molecule has 0 atom stereocenters. The number of nitrogens with one attached hydrogen (secondary N) is 2. The van der Waals surface area contributed by atoms with Crippen molar-refractivity contribution in [1.82, 2.24) is 15.5 Å². The van der Waals surface area contributed by atoms with Gasteiger partial charge in [-0.1, -0.05) is 13.8 Å². The molecule has 1 amide bonds. The van der Waals surface area contributed by atoms with Crippen molar-refractivity contribution in [3.05, 3.63) is 0 Å². The fraction of sp³-hybridized carbons (Fsp3) is 0.923. The number of likely N-dealkylation sites (tertiary alicyclic amines) is 1. The van der Waals surface area contributed by atoms with Gasteiger partial charge in [0.15, 0.2) is 0 Å². The van der Waals surface area contributed by atoms with Crippen molar-refractivity contribution >= 4 is 5.91 Å². The summed E-state index contributed by atoms with van der Waals surface area (Å²) in [5.74, 6) is 0.146. The van der Waals surface area contributed by atoms with E-state index >= 15 is 0 Å². The highest BCUT2D eigenvalue weighted by atomic mass is 16.1. The molecule has 4 nitrogen and oxygen atoms in total. The quantitative estimate of drug-likeness (QED) is 0.653. The van der Waals surface area contributed by atoms with Gasteiger partial charge in [-0.2, -0.15) is 0 Å². The number of piperidine rings is 1. The lowest BCUT2D eigenvalue weighted by Crippen LogP contribution is -2.47. The highest BCUT2D eigenvalue weighted by molar-refractivity contribution is 5.78. The van der Waals surface area contributed by atoms with Gasteiger partial charge in [-0.15, -0.1) is 0 Å². The molecular weight excluding hydrogens is 214 g/mol. The molecule has 4 heteroatoms. The van der Waals surface area contributed by atoms with Crippen molar-refractivity contribution in [3.63, 3.8) is 0 Å². The lowest BCUT2D eigenvalue weighted by molar-refractivity contribution is -0.121. The molecule has 0 aromatic carbocycles. The van der Waals surface area contributed by atoms with Crippen LogP contribution in [0.5, 0.6) is 0 Å². The highest BCUT2D eigenvalue weighted by Crippen LogP contribution is 2.10. The zero-order chi connectivity index (χ0) is 12.5. The smallest absolute Gasteiger partial charge is 0.234 e. The zero-order valence-electron chi connectivity index (χ0n) is 11.3. The maximum Gasteiger partial charge on any atom is 0.234 e. The van der Waals surface area contributed by atoms with Gasteiger partial charge in [0, 0.05) is 19.1 Å². The van der Waals surface area contributed by atoms with Crippen LogP contribution in [-0.4, -0.2) is 49.6 Å². The maximum absolute atomic E-state index is 11.6. The minimum absolute atomic E-state index is 0.146. The number of amides is 1. The predicted octanol–water partition coefficient (Wildman–Crippen LogP) is 0.977. The molecule has 1 aliphatic rings. The molecule has 100 valence electrons. The zero-order valence-corrected chi connectivity index (χ0v) is 11.3. The van der Waals surface area contributed by atoms with Gasteiger partial charge >= 0.3 is 0 Å². The number of hydrogen-bond acceptors (Lipinski definition) is 3. The molecule has 2 N–H and O–H groups in total. The van der Waals surface area contributed by atoms with Crippen LogP contribution >= 0.6 is 0 Å². The molecule has 1 aliphatic heterocycles. The molecule has 0 spiro atoms. The molecule has 1 heterocycles. The lowest BCUT2D eigenvalue weighted by atomic mass is 10.0. The van der Waals surface area contributed by atoms with Crippen LogP contribution in [0.1, 0.15) is 39.5 Å². The van der Waals surface area contributed by atoms with Gasteiger partial charge < -0.3 is 15.5 Å². The van der Waals surface area contributed by atoms with Crippen LogP contribution in [0.15, 0.2) is 0 Å². The van der Waals surface area contributed by atoms with Gasteiger partial charge in [0.1, 0.15) is 0 Å². The first kappa shape index (κ1) is 14.5. The largest absolute Gasteiger partial charge is 0.352 e. The average Bonchev–Trinajstić information content (AvgIpc) is 2.32. The van der Waals surface area contributed by atoms with E-state index < -0.39 is 0 Å². The van der Waals surface area contributed by atoms with Gasteiger partial charge in [-0.05, 0) is 38.8 Å². The van der Waals surface area contributed by atoms with Gasteiger partial charge in [-0.3, -0.25) is 4.79 Å². The Hall–Kier alpha value is -0.610. The number of carbonyl (C=O) groups excluding carboxylic acids is 1. The standard InChI is InChI=1S/C13H27N3O/c1-3-7-14-11-13(17)15-12-5-9-16(8-4-2)10-6-12/h12,14H,3-11H2,1-2H3,(H,15,17). The van der Waals surface area contributed by atoms with Gasteiger partial charge in [0.2, 0.25) is 5.91 Å². The highest BCUT2D eigenvalue weighted by Gasteiger charge is 2.19. The van der Waals surface area contributed by atoms with E-state index in [0.717, 1.165) is 38.9 Å². The van der Waals surface area contributed by atoms with Crippen molar-refractivity contribution in [3.8, 4) is 0 Å². The molecule has 0 bridgehead atoms. The van der Waals surface area contributed by atoms with E-state index in [1.807, 2.05) is 0 Å². The predicted molar refractivity (Wildman–Crippen MR) is 71.1 cm³/mol. The van der Waals surface area contributed by atoms with Crippen LogP contribution in [-0.2, 0) is 4.79 Å². The van der Waals surface area contributed by atoms with Crippen LogP contribution in [0.2, 0.25) is 0 Å². The Kier molecular flexibility index (Phi) is 7.21. The maximum atomic E-state index is 11.6. The molecular formula is C13H27N3O. The van der Waals surface area contributed by atoms with Crippen molar-refractivity contribution in [2.75, 3.05) is 32.7 Å². The van der Waals surface area contributed by atoms with Crippen molar-refractivity contribution in [2.24, 2.45) is 0 Å². The van der Waals surface area contributed by atoms with E-state index in [1.54, 1.807) is 0 Å². The van der Waals surface area contributed by atoms with Gasteiger partial charge in [-0.25, -0.2) is 0 Å². The Morgan fingerprint density at radius 1 is 1.24 bits per heavy atom. The van der Waals surface area contributed by atoms with Crippen molar-refractivity contribution < 1.29 is 4.79 Å². The molecule has 0 aromatic rings. The van der Waals surface area contributed by atoms with Crippen molar-refractivity contribution in [1.29, 1.82) is 0 Å². The van der Waals surface area contributed by atoms with Crippen LogP contribution < -0.4 is 10.6 Å². The Bertz CT molecular complexity index is 213. The summed E-state index contributed by atoms with van der Waals surface area (Å²) in [6, 6.07) is 0.388. The normalized spacial score (nSPS) is 18.2. The van der Waals surface area contributed by atoms with E-state index in [9.17, 15) is 4.79 Å². The number of hydrogen-bond donors (Lipinski definition) is 2. The first-order valence-electron chi connectivity index (χ1n) is 6.98. The number of nitrogens with zero attached hydrogens (tertiary/aromatic N) is 1. The Morgan fingerprint density at radius 3 is 2.53 bits per heavy atom. The second kappa shape index (κ2) is 8.48. The summed E-state index contributed by atoms with van der Waals surface area (Å²) in [5, 5.41) is 6.24.